The van der Waals surface area contributed by atoms with Gasteiger partial charge in [0, 0.05) is 5.56 Å². The van der Waals surface area contributed by atoms with E-state index < -0.39 is 17.7 Å². The molecule has 96 valence electrons. The average molecular weight is 269 g/mol. The van der Waals surface area contributed by atoms with Crippen LogP contribution < -0.4 is 10.1 Å². The van der Waals surface area contributed by atoms with Gasteiger partial charge in [0.15, 0.2) is 0 Å². The summed E-state index contributed by atoms with van der Waals surface area (Å²) in [7, 11) is 3.26. The molecule has 0 saturated carbocycles. The van der Waals surface area contributed by atoms with Gasteiger partial charge in [0.1, 0.15) is 17.4 Å². The van der Waals surface area contributed by atoms with Crippen LogP contribution in [0.25, 0.3) is 0 Å². The van der Waals surface area contributed by atoms with Crippen molar-refractivity contribution in [3.05, 3.63) is 51.7 Å². The van der Waals surface area contributed by atoms with Crippen LogP contribution in [0.2, 0.25) is 0 Å². The highest BCUT2D eigenvalue weighted by Crippen LogP contribution is 2.35. The predicted molar refractivity (Wildman–Crippen MR) is 68.1 cm³/mol. The van der Waals surface area contributed by atoms with E-state index >= 15 is 0 Å². The lowest BCUT2D eigenvalue weighted by atomic mass is 10.0. The molecule has 0 saturated heterocycles. The zero-order valence-corrected chi connectivity index (χ0v) is 10.9. The Morgan fingerprint density at radius 3 is 2.72 bits per heavy atom. The average Bonchev–Trinajstić information content (AvgIpc) is 2.83. The fourth-order valence-electron chi connectivity index (χ4n) is 1.85. The van der Waals surface area contributed by atoms with E-state index in [4.69, 9.17) is 4.74 Å². The number of nitrogens with one attached hydrogen (secondary N) is 1. The van der Waals surface area contributed by atoms with Crippen molar-refractivity contribution in [1.82, 2.24) is 5.32 Å². The van der Waals surface area contributed by atoms with E-state index in [9.17, 15) is 8.78 Å². The SMILES string of the molecule is CNC(c1cc(F)ccc1F)c1sccc1OC. The van der Waals surface area contributed by atoms with E-state index in [2.05, 4.69) is 5.32 Å². The monoisotopic (exact) mass is 269 g/mol. The van der Waals surface area contributed by atoms with E-state index in [1.165, 1.54) is 17.4 Å². The molecule has 1 heterocycles. The summed E-state index contributed by atoms with van der Waals surface area (Å²) in [6, 6.07) is 4.83. The molecule has 5 heteroatoms. The minimum absolute atomic E-state index is 0.276. The van der Waals surface area contributed by atoms with Gasteiger partial charge < -0.3 is 10.1 Å². The summed E-state index contributed by atoms with van der Waals surface area (Å²) in [4.78, 5) is 0.824. The Kier molecular flexibility index (Phi) is 3.93. The van der Waals surface area contributed by atoms with Crippen LogP contribution in [0.4, 0.5) is 8.78 Å². The third-order valence-electron chi connectivity index (χ3n) is 2.70. The third kappa shape index (κ3) is 2.37. The van der Waals surface area contributed by atoms with Crippen molar-refractivity contribution in [3.63, 3.8) is 0 Å². The molecule has 2 nitrogen and oxygen atoms in total. The Hall–Kier alpha value is -1.46. The molecule has 0 bridgehead atoms. The first-order valence-electron chi connectivity index (χ1n) is 5.41. The van der Waals surface area contributed by atoms with Gasteiger partial charge in [-0.25, -0.2) is 8.78 Å². The number of thiophene rings is 1. The number of hydrogen-bond donors (Lipinski definition) is 1. The van der Waals surface area contributed by atoms with Crippen LogP contribution in [0.3, 0.4) is 0 Å². The predicted octanol–water partition coefficient (Wildman–Crippen LogP) is 3.34. The second-order valence-corrected chi connectivity index (χ2v) is 4.69. The van der Waals surface area contributed by atoms with Crippen molar-refractivity contribution in [2.45, 2.75) is 6.04 Å². The van der Waals surface area contributed by atoms with Crippen molar-refractivity contribution in [2.24, 2.45) is 0 Å². The fourth-order valence-corrected chi connectivity index (χ4v) is 2.84. The van der Waals surface area contributed by atoms with Crippen molar-refractivity contribution in [2.75, 3.05) is 14.2 Å². The molecular formula is C13H13F2NOS. The molecule has 0 aliphatic carbocycles. The maximum Gasteiger partial charge on any atom is 0.134 e. The minimum atomic E-state index is -0.456. The molecular weight excluding hydrogens is 256 g/mol. The number of ether oxygens (including phenoxy) is 1. The maximum atomic E-state index is 13.8. The Morgan fingerprint density at radius 1 is 1.28 bits per heavy atom. The summed E-state index contributed by atoms with van der Waals surface area (Å²) in [5, 5.41) is 4.84. The van der Waals surface area contributed by atoms with Gasteiger partial charge in [0.2, 0.25) is 0 Å². The molecule has 0 aliphatic heterocycles. The van der Waals surface area contributed by atoms with Crippen LogP contribution >= 0.6 is 11.3 Å². The second-order valence-electron chi connectivity index (χ2n) is 3.74. The molecule has 0 aliphatic rings. The molecule has 1 aromatic heterocycles. The Labute approximate surface area is 108 Å². The molecule has 0 fully saturated rings. The van der Waals surface area contributed by atoms with Gasteiger partial charge in [0.25, 0.3) is 0 Å². The van der Waals surface area contributed by atoms with Crippen LogP contribution in [-0.2, 0) is 0 Å². The Morgan fingerprint density at radius 2 is 2.06 bits per heavy atom. The topological polar surface area (TPSA) is 21.3 Å². The van der Waals surface area contributed by atoms with Gasteiger partial charge in [-0.3, -0.25) is 0 Å². The molecule has 18 heavy (non-hydrogen) atoms. The highest BCUT2D eigenvalue weighted by atomic mass is 32.1. The van der Waals surface area contributed by atoms with Crippen molar-refractivity contribution < 1.29 is 13.5 Å². The summed E-state index contributed by atoms with van der Waals surface area (Å²) in [6.07, 6.45) is 0. The second kappa shape index (κ2) is 5.46. The van der Waals surface area contributed by atoms with Gasteiger partial charge in [-0.2, -0.15) is 0 Å². The quantitative estimate of drug-likeness (QED) is 0.919. The lowest BCUT2D eigenvalue weighted by Crippen LogP contribution is -2.18. The summed E-state index contributed by atoms with van der Waals surface area (Å²) in [5.74, 6) is -0.226. The largest absolute Gasteiger partial charge is 0.496 e. The number of hydrogen-bond acceptors (Lipinski definition) is 3. The summed E-state index contributed by atoms with van der Waals surface area (Å²) in [6.45, 7) is 0. The van der Waals surface area contributed by atoms with Crippen molar-refractivity contribution in [3.8, 4) is 5.75 Å². The van der Waals surface area contributed by atoms with E-state index in [-0.39, 0.29) is 5.56 Å². The lowest BCUT2D eigenvalue weighted by Gasteiger charge is -2.17. The van der Waals surface area contributed by atoms with Crippen LogP contribution in [0.15, 0.2) is 29.6 Å². The molecule has 1 unspecified atom stereocenters. The summed E-state index contributed by atoms with van der Waals surface area (Å²) in [5.41, 5.74) is 0.276. The van der Waals surface area contributed by atoms with Crippen molar-refractivity contribution in [1.29, 1.82) is 0 Å². The highest BCUT2D eigenvalue weighted by molar-refractivity contribution is 7.10. The highest BCUT2D eigenvalue weighted by Gasteiger charge is 2.21. The Balaban J connectivity index is 2.48. The van der Waals surface area contributed by atoms with Crippen LogP contribution in [0.5, 0.6) is 5.75 Å². The summed E-state index contributed by atoms with van der Waals surface area (Å²) >= 11 is 1.44. The van der Waals surface area contributed by atoms with E-state index in [1.54, 1.807) is 14.2 Å². The molecule has 2 rings (SSSR count). The molecule has 0 spiro atoms. The number of methoxy groups -OCH3 is 1. The zero-order chi connectivity index (χ0) is 13.1. The maximum absolute atomic E-state index is 13.8. The zero-order valence-electron chi connectivity index (χ0n) is 10.0. The number of benzene rings is 1. The summed E-state index contributed by atoms with van der Waals surface area (Å²) < 4.78 is 32.3. The lowest BCUT2D eigenvalue weighted by molar-refractivity contribution is 0.408. The number of halogens is 2. The van der Waals surface area contributed by atoms with Crippen LogP contribution in [-0.4, -0.2) is 14.2 Å². The normalized spacial score (nSPS) is 12.4. The Bertz CT molecular complexity index is 542. The van der Waals surface area contributed by atoms with Gasteiger partial charge >= 0.3 is 0 Å². The minimum Gasteiger partial charge on any atom is -0.496 e. The first-order valence-corrected chi connectivity index (χ1v) is 6.29. The first-order chi connectivity index (χ1) is 8.67. The molecule has 0 radical (unpaired) electrons. The molecule has 1 aromatic carbocycles. The van der Waals surface area contributed by atoms with Gasteiger partial charge in [0.05, 0.1) is 18.0 Å². The smallest absolute Gasteiger partial charge is 0.134 e. The number of rotatable bonds is 4. The van der Waals surface area contributed by atoms with Gasteiger partial charge in [-0.15, -0.1) is 11.3 Å². The van der Waals surface area contributed by atoms with Crippen LogP contribution in [0.1, 0.15) is 16.5 Å². The van der Waals surface area contributed by atoms with Gasteiger partial charge in [-0.1, -0.05) is 0 Å². The van der Waals surface area contributed by atoms with Gasteiger partial charge in [-0.05, 0) is 36.7 Å². The molecule has 1 N–H and O–H groups in total. The van der Waals surface area contributed by atoms with E-state index in [0.717, 1.165) is 17.0 Å². The standard InChI is InChI=1S/C13H13F2NOS/c1-16-12(13-11(17-2)5-6-18-13)9-7-8(14)3-4-10(9)15/h3-7,12,16H,1-2H3. The first kappa shape index (κ1) is 13.0. The molecule has 0 amide bonds. The fraction of sp³-hybridized carbons (Fsp3) is 0.231. The van der Waals surface area contributed by atoms with E-state index in [0.29, 0.717) is 5.75 Å². The van der Waals surface area contributed by atoms with Crippen molar-refractivity contribution >= 4 is 11.3 Å². The third-order valence-corrected chi connectivity index (χ3v) is 3.66. The van der Waals surface area contributed by atoms with Crippen LogP contribution in [0, 0.1) is 11.6 Å². The van der Waals surface area contributed by atoms with E-state index in [1.807, 2.05) is 11.4 Å². The molecule has 1 atom stereocenters. The molecule has 2 aromatic rings.